The Morgan fingerprint density at radius 1 is 0.684 bits per heavy atom. The molecule has 0 saturated heterocycles. The normalized spacial score (nSPS) is 31.4. The van der Waals surface area contributed by atoms with E-state index >= 15 is 0 Å². The van der Waals surface area contributed by atoms with Crippen LogP contribution in [-0.2, 0) is 20.0 Å². The molecular formula is C12H18NO4S2-. The van der Waals surface area contributed by atoms with E-state index in [0.29, 0.717) is 0 Å². The summed E-state index contributed by atoms with van der Waals surface area (Å²) in [6, 6.07) is 0. The number of rotatable bonds is 2. The zero-order valence-corrected chi connectivity index (χ0v) is 12.3. The summed E-state index contributed by atoms with van der Waals surface area (Å²) >= 11 is 0. The highest BCUT2D eigenvalue weighted by Gasteiger charge is 2.40. The SMILES string of the molecule is O=S1(=O)[N-]S(=O)(=O)C(C2CCCC2)=C1C1CCCC1. The molecule has 0 amide bonds. The third-order valence-corrected chi connectivity index (χ3v) is 8.36. The maximum atomic E-state index is 12.1. The van der Waals surface area contributed by atoms with Crippen LogP contribution in [0.2, 0.25) is 0 Å². The Morgan fingerprint density at radius 3 is 1.32 bits per heavy atom. The highest BCUT2D eigenvalue weighted by molar-refractivity contribution is 8.18. The zero-order chi connectivity index (χ0) is 13.7. The van der Waals surface area contributed by atoms with Gasteiger partial charge in [0, 0.05) is 9.81 Å². The third kappa shape index (κ3) is 2.25. The average Bonchev–Trinajstić information content (AvgIpc) is 2.97. The van der Waals surface area contributed by atoms with Gasteiger partial charge >= 0.3 is 0 Å². The van der Waals surface area contributed by atoms with Gasteiger partial charge in [0.1, 0.15) is 20.0 Å². The topological polar surface area (TPSA) is 82.4 Å². The Labute approximate surface area is 114 Å². The van der Waals surface area contributed by atoms with Crippen LogP contribution in [0.25, 0.3) is 4.13 Å². The van der Waals surface area contributed by atoms with Crippen LogP contribution in [0.3, 0.4) is 0 Å². The summed E-state index contributed by atoms with van der Waals surface area (Å²) in [7, 11) is -7.90. The van der Waals surface area contributed by atoms with E-state index in [2.05, 4.69) is 4.13 Å². The van der Waals surface area contributed by atoms with Gasteiger partial charge in [-0.1, -0.05) is 25.7 Å². The Bertz CT molecular complexity index is 552. The van der Waals surface area contributed by atoms with Crippen molar-refractivity contribution >= 4 is 20.0 Å². The van der Waals surface area contributed by atoms with E-state index in [1.54, 1.807) is 0 Å². The van der Waals surface area contributed by atoms with Crippen LogP contribution < -0.4 is 0 Å². The van der Waals surface area contributed by atoms with Crippen LogP contribution >= 0.6 is 0 Å². The van der Waals surface area contributed by atoms with Gasteiger partial charge in [0.05, 0.1) is 0 Å². The van der Waals surface area contributed by atoms with Gasteiger partial charge in [-0.2, -0.15) is 0 Å². The molecule has 0 unspecified atom stereocenters. The van der Waals surface area contributed by atoms with E-state index in [1.165, 1.54) is 0 Å². The number of nitrogens with zero attached hydrogens (tertiary/aromatic N) is 1. The number of sulfonamides is 2. The van der Waals surface area contributed by atoms with Crippen LogP contribution in [-0.4, -0.2) is 16.8 Å². The van der Waals surface area contributed by atoms with Crippen molar-refractivity contribution in [1.29, 1.82) is 0 Å². The number of allylic oxidation sites excluding steroid dienone is 2. The molecule has 5 nitrogen and oxygen atoms in total. The minimum atomic E-state index is -3.95. The lowest BCUT2D eigenvalue weighted by Gasteiger charge is -2.17. The lowest BCUT2D eigenvalue weighted by atomic mass is 10.0. The molecule has 2 saturated carbocycles. The van der Waals surface area contributed by atoms with Gasteiger partial charge in [-0.25, -0.2) is 16.8 Å². The fraction of sp³-hybridized carbons (Fsp3) is 0.833. The van der Waals surface area contributed by atoms with Crippen LogP contribution in [0.1, 0.15) is 51.4 Å². The van der Waals surface area contributed by atoms with Crippen molar-refractivity contribution in [1.82, 2.24) is 0 Å². The fourth-order valence-corrected chi connectivity index (χ4v) is 8.13. The minimum Gasteiger partial charge on any atom is -0.428 e. The van der Waals surface area contributed by atoms with Crippen molar-refractivity contribution in [3.05, 3.63) is 13.9 Å². The average molecular weight is 304 g/mol. The van der Waals surface area contributed by atoms with Crippen molar-refractivity contribution in [2.75, 3.05) is 0 Å². The first-order valence-electron chi connectivity index (χ1n) is 6.90. The van der Waals surface area contributed by atoms with E-state index in [0.717, 1.165) is 51.4 Å². The molecule has 1 heterocycles. The van der Waals surface area contributed by atoms with Gasteiger partial charge in [-0.05, 0) is 37.5 Å². The van der Waals surface area contributed by atoms with Crippen molar-refractivity contribution in [3.63, 3.8) is 0 Å². The molecule has 0 atom stereocenters. The summed E-state index contributed by atoms with van der Waals surface area (Å²) in [6.45, 7) is 0. The van der Waals surface area contributed by atoms with E-state index < -0.39 is 20.0 Å². The second kappa shape index (κ2) is 4.56. The second-order valence-electron chi connectivity index (χ2n) is 5.72. The predicted molar refractivity (Wildman–Crippen MR) is 72.1 cm³/mol. The fourth-order valence-electron chi connectivity index (χ4n) is 3.66. The molecule has 108 valence electrons. The summed E-state index contributed by atoms with van der Waals surface area (Å²) in [6.07, 6.45) is 6.99. The van der Waals surface area contributed by atoms with E-state index in [4.69, 9.17) is 0 Å². The van der Waals surface area contributed by atoms with Crippen molar-refractivity contribution in [3.8, 4) is 0 Å². The molecule has 3 aliphatic rings. The third-order valence-electron chi connectivity index (χ3n) is 4.45. The largest absolute Gasteiger partial charge is 0.428 e. The summed E-state index contributed by atoms with van der Waals surface area (Å²) in [5.41, 5.74) is 0. The van der Waals surface area contributed by atoms with Gasteiger partial charge in [0.15, 0.2) is 0 Å². The molecule has 1 aliphatic heterocycles. The van der Waals surface area contributed by atoms with Crippen LogP contribution in [0.4, 0.5) is 0 Å². The number of hydrogen-bond acceptors (Lipinski definition) is 4. The molecular weight excluding hydrogens is 286 g/mol. The molecule has 2 aliphatic carbocycles. The lowest BCUT2D eigenvalue weighted by molar-refractivity contribution is 0.576. The molecule has 0 bridgehead atoms. The molecule has 7 heteroatoms. The molecule has 0 N–H and O–H groups in total. The molecule has 0 aromatic heterocycles. The molecule has 0 spiro atoms. The smallest absolute Gasteiger partial charge is 0.109 e. The highest BCUT2D eigenvalue weighted by atomic mass is 32.3. The standard InChI is InChI=1S/C12H18NO4S2/c14-18(15)11(9-5-1-2-6-9)12(19(16,17)13-18)10-7-3-4-8-10/h9-10H,1-8H2/q-1. The lowest BCUT2D eigenvalue weighted by Crippen LogP contribution is -2.11. The first-order valence-corrected chi connectivity index (χ1v) is 9.78. The second-order valence-corrected chi connectivity index (χ2v) is 9.09. The van der Waals surface area contributed by atoms with E-state index in [9.17, 15) is 16.8 Å². The van der Waals surface area contributed by atoms with Crippen molar-refractivity contribution in [2.45, 2.75) is 51.4 Å². The monoisotopic (exact) mass is 304 g/mol. The first kappa shape index (κ1) is 13.6. The molecule has 3 rings (SSSR count). The maximum absolute atomic E-state index is 12.1. The quantitative estimate of drug-likeness (QED) is 0.785. The van der Waals surface area contributed by atoms with Gasteiger partial charge in [-0.15, -0.1) is 0 Å². The zero-order valence-electron chi connectivity index (χ0n) is 10.7. The first-order chi connectivity index (χ1) is 8.92. The maximum Gasteiger partial charge on any atom is 0.109 e. The van der Waals surface area contributed by atoms with Gasteiger partial charge < -0.3 is 4.13 Å². The van der Waals surface area contributed by atoms with Crippen LogP contribution in [0, 0.1) is 11.8 Å². The molecule has 19 heavy (non-hydrogen) atoms. The Morgan fingerprint density at radius 2 is 1.00 bits per heavy atom. The van der Waals surface area contributed by atoms with Crippen LogP contribution in [0.15, 0.2) is 9.81 Å². The summed E-state index contributed by atoms with van der Waals surface area (Å²) in [5, 5.41) is 0. The summed E-state index contributed by atoms with van der Waals surface area (Å²) in [5.74, 6) is -0.247. The minimum absolute atomic E-state index is 0.123. The summed E-state index contributed by atoms with van der Waals surface area (Å²) < 4.78 is 51.7. The van der Waals surface area contributed by atoms with Gasteiger partial charge in [-0.3, -0.25) is 0 Å². The number of hydrogen-bond donors (Lipinski definition) is 0. The summed E-state index contributed by atoms with van der Waals surface area (Å²) in [4.78, 5) is 0.300. The van der Waals surface area contributed by atoms with Gasteiger partial charge in [0.25, 0.3) is 0 Å². The van der Waals surface area contributed by atoms with Gasteiger partial charge in [0.2, 0.25) is 0 Å². The Hall–Kier alpha value is -0.400. The molecule has 0 radical (unpaired) electrons. The Kier molecular flexibility index (Phi) is 3.26. The Balaban J connectivity index is 2.15. The van der Waals surface area contributed by atoms with Crippen molar-refractivity contribution < 1.29 is 16.8 Å². The van der Waals surface area contributed by atoms with E-state index in [-0.39, 0.29) is 21.6 Å². The molecule has 2 fully saturated rings. The molecule has 0 aromatic rings. The predicted octanol–water partition coefficient (Wildman–Crippen LogP) is 2.63. The highest BCUT2D eigenvalue weighted by Crippen LogP contribution is 2.50. The molecule has 0 aromatic carbocycles. The van der Waals surface area contributed by atoms with Crippen LogP contribution in [0.5, 0.6) is 0 Å². The van der Waals surface area contributed by atoms with E-state index in [1.807, 2.05) is 0 Å². The van der Waals surface area contributed by atoms with Crippen molar-refractivity contribution in [2.24, 2.45) is 11.8 Å².